The molecule has 20 heavy (non-hydrogen) atoms. The number of hydrogen-bond donors (Lipinski definition) is 2. The van der Waals surface area contributed by atoms with Gasteiger partial charge in [-0.05, 0) is 17.6 Å². The van der Waals surface area contributed by atoms with Crippen molar-refractivity contribution in [3.63, 3.8) is 0 Å². The van der Waals surface area contributed by atoms with Crippen molar-refractivity contribution in [1.82, 2.24) is 4.31 Å². The van der Waals surface area contributed by atoms with Gasteiger partial charge < -0.3 is 19.5 Å². The number of sulfonamides is 1. The van der Waals surface area contributed by atoms with Crippen LogP contribution in [0.5, 0.6) is 5.75 Å². The van der Waals surface area contributed by atoms with E-state index in [1.807, 2.05) is 0 Å². The highest BCUT2D eigenvalue weighted by atomic mass is 32.2. The average molecular weight is 301 g/mol. The molecule has 1 aliphatic heterocycles. The zero-order valence-corrected chi connectivity index (χ0v) is 11.8. The summed E-state index contributed by atoms with van der Waals surface area (Å²) in [5, 5.41) is 18.4. The molecule has 1 aliphatic rings. The predicted octanol–water partition coefficient (Wildman–Crippen LogP) is -1.60. The fourth-order valence-electron chi connectivity index (χ4n) is 1.95. The van der Waals surface area contributed by atoms with Crippen LogP contribution in [0.2, 0.25) is 0 Å². The Balaban J connectivity index is 2.42. The van der Waals surface area contributed by atoms with Gasteiger partial charge in [0.25, 0.3) is 0 Å². The molecule has 0 aromatic heterocycles. The summed E-state index contributed by atoms with van der Waals surface area (Å²) in [6.45, 7) is 1.24. The first-order chi connectivity index (χ1) is 9.45. The summed E-state index contributed by atoms with van der Waals surface area (Å²) < 4.78 is 36.4. The molecule has 0 amide bonds. The van der Waals surface area contributed by atoms with Crippen molar-refractivity contribution in [3.8, 4) is 5.75 Å². The predicted molar refractivity (Wildman–Crippen MR) is 72.4 cm³/mol. The minimum absolute atomic E-state index is 0.0261. The summed E-state index contributed by atoms with van der Waals surface area (Å²) in [6, 6.07) is 3.97. The van der Waals surface area contributed by atoms with Crippen LogP contribution in [0.25, 0.3) is 0 Å². The van der Waals surface area contributed by atoms with E-state index < -0.39 is 17.1 Å². The van der Waals surface area contributed by atoms with E-state index in [0.29, 0.717) is 13.2 Å². The number of rotatable bonds is 4. The highest BCUT2D eigenvalue weighted by molar-refractivity contribution is 7.89. The molecule has 110 valence electrons. The molecular weight excluding hydrogens is 285 g/mol. The lowest BCUT2D eigenvalue weighted by molar-refractivity contribution is 0.0730. The molecule has 0 radical (unpaired) electrons. The lowest BCUT2D eigenvalue weighted by atomic mass is 9.80. The number of nitrogens with zero attached hydrogens (tertiary/aromatic N) is 1. The van der Waals surface area contributed by atoms with E-state index in [4.69, 9.17) is 9.47 Å². The van der Waals surface area contributed by atoms with Crippen LogP contribution in [-0.2, 0) is 14.8 Å². The molecule has 9 heteroatoms. The minimum Gasteiger partial charge on any atom is -0.497 e. The Hall–Kier alpha value is -1.13. The molecule has 0 saturated carbocycles. The summed E-state index contributed by atoms with van der Waals surface area (Å²) in [5.41, 5.74) is 0.0659. The summed E-state index contributed by atoms with van der Waals surface area (Å²) in [7, 11) is -4.08. The van der Waals surface area contributed by atoms with E-state index in [0.717, 1.165) is 0 Å². The lowest BCUT2D eigenvalue weighted by Crippen LogP contribution is -2.41. The fourth-order valence-corrected chi connectivity index (χ4v) is 3.42. The molecule has 0 atom stereocenters. The van der Waals surface area contributed by atoms with Crippen molar-refractivity contribution in [2.75, 3.05) is 33.4 Å². The van der Waals surface area contributed by atoms with Crippen LogP contribution < -0.4 is 10.2 Å². The van der Waals surface area contributed by atoms with Crippen molar-refractivity contribution in [3.05, 3.63) is 18.2 Å². The summed E-state index contributed by atoms with van der Waals surface area (Å²) in [6.07, 6.45) is 0. The van der Waals surface area contributed by atoms with Crippen LogP contribution in [0, 0.1) is 0 Å². The van der Waals surface area contributed by atoms with E-state index >= 15 is 0 Å². The van der Waals surface area contributed by atoms with Gasteiger partial charge in [0, 0.05) is 19.2 Å². The Morgan fingerprint density at radius 2 is 1.90 bits per heavy atom. The van der Waals surface area contributed by atoms with Crippen molar-refractivity contribution in [2.45, 2.75) is 4.90 Å². The Kier molecular flexibility index (Phi) is 4.66. The van der Waals surface area contributed by atoms with Crippen LogP contribution in [0.3, 0.4) is 0 Å². The van der Waals surface area contributed by atoms with E-state index in [9.17, 15) is 18.5 Å². The first kappa shape index (κ1) is 15.3. The molecule has 1 aromatic carbocycles. The van der Waals surface area contributed by atoms with Gasteiger partial charge in [0.2, 0.25) is 10.0 Å². The van der Waals surface area contributed by atoms with Crippen LogP contribution >= 0.6 is 0 Å². The van der Waals surface area contributed by atoms with Crippen LogP contribution in [-0.4, -0.2) is 63.3 Å². The van der Waals surface area contributed by atoms with Gasteiger partial charge in [-0.1, -0.05) is 0 Å². The zero-order chi connectivity index (χ0) is 14.8. The third-order valence-electron chi connectivity index (χ3n) is 3.04. The minimum atomic E-state index is -3.70. The van der Waals surface area contributed by atoms with Gasteiger partial charge in [0.15, 0.2) is 0 Å². The maximum absolute atomic E-state index is 12.5. The first-order valence-electron chi connectivity index (χ1n) is 6.08. The van der Waals surface area contributed by atoms with E-state index in [2.05, 4.69) is 0 Å². The summed E-state index contributed by atoms with van der Waals surface area (Å²) in [4.78, 5) is -0.0261. The van der Waals surface area contributed by atoms with Gasteiger partial charge in [-0.2, -0.15) is 4.31 Å². The lowest BCUT2D eigenvalue weighted by Gasteiger charge is -2.26. The topological polar surface area (TPSA) is 96.3 Å². The van der Waals surface area contributed by atoms with Crippen LogP contribution in [0.4, 0.5) is 0 Å². The van der Waals surface area contributed by atoms with Crippen molar-refractivity contribution < 1.29 is 27.9 Å². The van der Waals surface area contributed by atoms with Gasteiger partial charge in [-0.3, -0.25) is 0 Å². The third kappa shape index (κ3) is 3.13. The standard InChI is InChI=1S/C11H16BNO6S/c1-18-10-6-9(12(14)15)7-11(8-10)20(16,17)13-2-4-19-5-3-13/h6-8,14-15H,2-5H2,1H3. The Labute approximate surface area is 117 Å². The van der Waals surface area contributed by atoms with Crippen LogP contribution in [0.15, 0.2) is 23.1 Å². The molecule has 1 fully saturated rings. The second-order valence-electron chi connectivity index (χ2n) is 4.33. The maximum Gasteiger partial charge on any atom is 0.488 e. The van der Waals surface area contributed by atoms with Gasteiger partial charge in [-0.15, -0.1) is 0 Å². The number of methoxy groups -OCH3 is 1. The highest BCUT2D eigenvalue weighted by Crippen LogP contribution is 2.20. The Morgan fingerprint density at radius 3 is 2.45 bits per heavy atom. The van der Waals surface area contributed by atoms with Crippen molar-refractivity contribution >= 4 is 22.6 Å². The molecule has 2 N–H and O–H groups in total. The molecule has 2 rings (SSSR count). The number of benzene rings is 1. The molecule has 1 heterocycles. The molecule has 0 aliphatic carbocycles. The quantitative estimate of drug-likeness (QED) is 0.650. The van der Waals surface area contributed by atoms with Crippen LogP contribution in [0.1, 0.15) is 0 Å². The summed E-state index contributed by atoms with van der Waals surface area (Å²) in [5.74, 6) is 0.252. The molecule has 1 saturated heterocycles. The molecular formula is C11H16BNO6S. The Bertz CT molecular complexity index is 570. The van der Waals surface area contributed by atoms with E-state index in [1.165, 1.54) is 29.6 Å². The largest absolute Gasteiger partial charge is 0.497 e. The van der Waals surface area contributed by atoms with E-state index in [-0.39, 0.29) is 29.2 Å². The molecule has 0 spiro atoms. The smallest absolute Gasteiger partial charge is 0.488 e. The average Bonchev–Trinajstić information content (AvgIpc) is 2.47. The monoisotopic (exact) mass is 301 g/mol. The number of hydrogen-bond acceptors (Lipinski definition) is 6. The molecule has 0 bridgehead atoms. The zero-order valence-electron chi connectivity index (χ0n) is 11.0. The van der Waals surface area contributed by atoms with Crippen molar-refractivity contribution in [2.24, 2.45) is 0 Å². The van der Waals surface area contributed by atoms with Gasteiger partial charge in [0.1, 0.15) is 5.75 Å². The van der Waals surface area contributed by atoms with E-state index in [1.54, 1.807) is 0 Å². The third-order valence-corrected chi connectivity index (χ3v) is 4.92. The molecule has 1 aromatic rings. The second kappa shape index (κ2) is 6.11. The second-order valence-corrected chi connectivity index (χ2v) is 6.27. The Morgan fingerprint density at radius 1 is 1.25 bits per heavy atom. The van der Waals surface area contributed by atoms with Gasteiger partial charge in [-0.25, -0.2) is 8.42 Å². The first-order valence-corrected chi connectivity index (χ1v) is 7.52. The fraction of sp³-hybridized carbons (Fsp3) is 0.455. The van der Waals surface area contributed by atoms with Gasteiger partial charge >= 0.3 is 7.12 Å². The molecule has 7 nitrogen and oxygen atoms in total. The van der Waals surface area contributed by atoms with Gasteiger partial charge in [0.05, 0.1) is 25.2 Å². The molecule has 0 unspecified atom stereocenters. The normalized spacial score (nSPS) is 16.9. The highest BCUT2D eigenvalue weighted by Gasteiger charge is 2.28. The SMILES string of the molecule is COc1cc(B(O)O)cc(S(=O)(=O)N2CCOCC2)c1. The number of morpholine rings is 1. The summed E-state index contributed by atoms with van der Waals surface area (Å²) >= 11 is 0. The van der Waals surface area contributed by atoms with Crippen molar-refractivity contribution in [1.29, 1.82) is 0 Å². The maximum atomic E-state index is 12.5. The number of ether oxygens (including phenoxy) is 2.